The van der Waals surface area contributed by atoms with Crippen LogP contribution in [0.2, 0.25) is 5.02 Å². The van der Waals surface area contributed by atoms with Gasteiger partial charge < -0.3 is 0 Å². The Morgan fingerprint density at radius 2 is 1.78 bits per heavy atom. The Labute approximate surface area is 141 Å². The molecular formula is C15H19ClN4O2S. The Balaban J connectivity index is 1.61. The molecule has 0 bridgehead atoms. The van der Waals surface area contributed by atoms with Crippen molar-refractivity contribution < 1.29 is 8.42 Å². The topological polar surface area (TPSA) is 58.4 Å². The second-order valence-electron chi connectivity index (χ2n) is 5.66. The second-order valence-corrected chi connectivity index (χ2v) is 8.03. The molecule has 0 amide bonds. The molecular weight excluding hydrogens is 336 g/mol. The van der Waals surface area contributed by atoms with Gasteiger partial charge in [-0.05, 0) is 17.7 Å². The highest BCUT2D eigenvalue weighted by atomic mass is 35.5. The summed E-state index contributed by atoms with van der Waals surface area (Å²) in [4.78, 5) is 2.50. The van der Waals surface area contributed by atoms with Gasteiger partial charge in [0, 0.05) is 51.0 Å². The molecule has 0 saturated carbocycles. The van der Waals surface area contributed by atoms with Gasteiger partial charge in [0.15, 0.2) is 0 Å². The van der Waals surface area contributed by atoms with Crippen LogP contribution in [0.1, 0.15) is 5.56 Å². The summed E-state index contributed by atoms with van der Waals surface area (Å²) in [5.74, 6) is 0. The standard InChI is InChI=1S/C15H19ClN4O2S/c1-18-12-15(10-17-18)23(21,22)20-8-6-19(7-9-20)11-13-2-4-14(16)5-3-13/h2-5,10,12H,6-9,11H2,1H3. The summed E-state index contributed by atoms with van der Waals surface area (Å²) in [6.45, 7) is 3.21. The Morgan fingerprint density at radius 3 is 2.35 bits per heavy atom. The molecule has 0 unspecified atom stereocenters. The van der Waals surface area contributed by atoms with Crippen LogP contribution in [0.3, 0.4) is 0 Å². The Bertz CT molecular complexity index is 765. The molecule has 0 radical (unpaired) electrons. The van der Waals surface area contributed by atoms with Gasteiger partial charge in [-0.1, -0.05) is 23.7 Å². The molecule has 1 aromatic heterocycles. The van der Waals surface area contributed by atoms with Crippen molar-refractivity contribution in [1.82, 2.24) is 19.0 Å². The van der Waals surface area contributed by atoms with Crippen LogP contribution in [0.25, 0.3) is 0 Å². The maximum absolute atomic E-state index is 12.5. The van der Waals surface area contributed by atoms with Crippen molar-refractivity contribution >= 4 is 21.6 Å². The lowest BCUT2D eigenvalue weighted by Gasteiger charge is -2.33. The van der Waals surface area contributed by atoms with Crippen molar-refractivity contribution in [3.05, 3.63) is 47.2 Å². The van der Waals surface area contributed by atoms with Crippen LogP contribution >= 0.6 is 11.6 Å². The Kier molecular flexibility index (Phi) is 4.72. The quantitative estimate of drug-likeness (QED) is 0.836. The molecule has 23 heavy (non-hydrogen) atoms. The molecule has 1 fully saturated rings. The SMILES string of the molecule is Cn1cc(S(=O)(=O)N2CCN(Cc3ccc(Cl)cc3)CC2)cn1. The summed E-state index contributed by atoms with van der Waals surface area (Å²) in [6, 6.07) is 7.75. The fourth-order valence-corrected chi connectivity index (χ4v) is 4.19. The first kappa shape index (κ1) is 16.4. The molecule has 1 aromatic carbocycles. The van der Waals surface area contributed by atoms with Crippen molar-refractivity contribution in [3.8, 4) is 0 Å². The zero-order chi connectivity index (χ0) is 16.4. The van der Waals surface area contributed by atoms with E-state index in [0.29, 0.717) is 26.2 Å². The van der Waals surface area contributed by atoms with Crippen molar-refractivity contribution in [1.29, 1.82) is 0 Å². The number of hydrogen-bond acceptors (Lipinski definition) is 4. The highest BCUT2D eigenvalue weighted by Gasteiger charge is 2.29. The molecule has 1 aliphatic heterocycles. The largest absolute Gasteiger partial charge is 0.296 e. The number of benzene rings is 1. The maximum atomic E-state index is 12.5. The molecule has 6 nitrogen and oxygen atoms in total. The predicted octanol–water partition coefficient (Wildman–Crippen LogP) is 1.58. The van der Waals surface area contributed by atoms with Crippen LogP contribution in [0, 0.1) is 0 Å². The molecule has 3 rings (SSSR count). The van der Waals surface area contributed by atoms with E-state index >= 15 is 0 Å². The van der Waals surface area contributed by atoms with E-state index in [1.165, 1.54) is 26.9 Å². The average Bonchev–Trinajstić information content (AvgIpc) is 2.98. The summed E-state index contributed by atoms with van der Waals surface area (Å²) < 4.78 is 28.1. The minimum atomic E-state index is -3.44. The molecule has 1 saturated heterocycles. The lowest BCUT2D eigenvalue weighted by atomic mass is 10.2. The van der Waals surface area contributed by atoms with Gasteiger partial charge in [-0.15, -0.1) is 0 Å². The van der Waals surface area contributed by atoms with Crippen LogP contribution in [0.15, 0.2) is 41.6 Å². The van der Waals surface area contributed by atoms with Crippen LogP contribution in [-0.2, 0) is 23.6 Å². The van der Waals surface area contributed by atoms with E-state index in [-0.39, 0.29) is 4.90 Å². The second kappa shape index (κ2) is 6.60. The number of piperazine rings is 1. The number of sulfonamides is 1. The predicted molar refractivity (Wildman–Crippen MR) is 88.7 cm³/mol. The lowest BCUT2D eigenvalue weighted by molar-refractivity contribution is 0.181. The molecule has 0 N–H and O–H groups in total. The van der Waals surface area contributed by atoms with E-state index in [1.807, 2.05) is 24.3 Å². The maximum Gasteiger partial charge on any atom is 0.246 e. The highest BCUT2D eigenvalue weighted by Crippen LogP contribution is 2.18. The average molecular weight is 355 g/mol. The first-order valence-electron chi connectivity index (χ1n) is 7.41. The number of hydrogen-bond donors (Lipinski definition) is 0. The van der Waals surface area contributed by atoms with E-state index in [1.54, 1.807) is 7.05 Å². The molecule has 0 aliphatic carbocycles. The normalized spacial score (nSPS) is 17.5. The van der Waals surface area contributed by atoms with Gasteiger partial charge in [-0.3, -0.25) is 9.58 Å². The molecule has 0 spiro atoms. The van der Waals surface area contributed by atoms with Crippen molar-refractivity contribution in [2.75, 3.05) is 26.2 Å². The molecule has 2 aromatic rings. The monoisotopic (exact) mass is 354 g/mol. The van der Waals surface area contributed by atoms with Crippen LogP contribution in [-0.4, -0.2) is 53.6 Å². The number of nitrogens with zero attached hydrogens (tertiary/aromatic N) is 4. The smallest absolute Gasteiger partial charge is 0.246 e. The van der Waals surface area contributed by atoms with E-state index < -0.39 is 10.0 Å². The summed E-state index contributed by atoms with van der Waals surface area (Å²) in [6.07, 6.45) is 2.94. The zero-order valence-corrected chi connectivity index (χ0v) is 14.5. The fraction of sp³-hybridized carbons (Fsp3) is 0.400. The fourth-order valence-electron chi connectivity index (χ4n) is 2.66. The molecule has 8 heteroatoms. The molecule has 2 heterocycles. The summed E-state index contributed by atoms with van der Waals surface area (Å²) in [5.41, 5.74) is 1.18. The third kappa shape index (κ3) is 3.74. The molecule has 1 aliphatic rings. The third-order valence-electron chi connectivity index (χ3n) is 3.97. The van der Waals surface area contributed by atoms with Crippen molar-refractivity contribution in [2.45, 2.75) is 11.4 Å². The first-order valence-corrected chi connectivity index (χ1v) is 9.22. The van der Waals surface area contributed by atoms with Gasteiger partial charge in [0.2, 0.25) is 10.0 Å². The molecule has 0 atom stereocenters. The van der Waals surface area contributed by atoms with Crippen LogP contribution in [0.4, 0.5) is 0 Å². The summed E-state index contributed by atoms with van der Waals surface area (Å²) >= 11 is 5.89. The Morgan fingerprint density at radius 1 is 1.13 bits per heavy atom. The van der Waals surface area contributed by atoms with Crippen molar-refractivity contribution in [3.63, 3.8) is 0 Å². The van der Waals surface area contributed by atoms with Crippen LogP contribution < -0.4 is 0 Å². The minimum absolute atomic E-state index is 0.256. The van der Waals surface area contributed by atoms with E-state index in [0.717, 1.165) is 11.6 Å². The molecule has 124 valence electrons. The number of rotatable bonds is 4. The number of aryl methyl sites for hydroxylation is 1. The summed E-state index contributed by atoms with van der Waals surface area (Å²) in [5, 5.41) is 4.67. The first-order chi connectivity index (χ1) is 10.9. The Hall–Kier alpha value is -1.41. The third-order valence-corrected chi connectivity index (χ3v) is 6.07. The lowest BCUT2D eigenvalue weighted by Crippen LogP contribution is -2.48. The van der Waals surface area contributed by atoms with Crippen molar-refractivity contribution in [2.24, 2.45) is 7.05 Å². The number of aromatic nitrogens is 2. The summed E-state index contributed by atoms with van der Waals surface area (Å²) in [7, 11) is -1.73. The van der Waals surface area contributed by atoms with Gasteiger partial charge in [0.05, 0.1) is 6.20 Å². The van der Waals surface area contributed by atoms with E-state index in [9.17, 15) is 8.42 Å². The van der Waals surface area contributed by atoms with Gasteiger partial charge in [0.25, 0.3) is 0 Å². The minimum Gasteiger partial charge on any atom is -0.296 e. The van der Waals surface area contributed by atoms with Gasteiger partial charge in [-0.25, -0.2) is 8.42 Å². The van der Waals surface area contributed by atoms with Crippen LogP contribution in [0.5, 0.6) is 0 Å². The number of halogens is 1. The van der Waals surface area contributed by atoms with E-state index in [4.69, 9.17) is 11.6 Å². The zero-order valence-electron chi connectivity index (χ0n) is 12.9. The van der Waals surface area contributed by atoms with E-state index in [2.05, 4.69) is 10.00 Å². The van der Waals surface area contributed by atoms with Gasteiger partial charge in [-0.2, -0.15) is 9.40 Å². The van der Waals surface area contributed by atoms with Gasteiger partial charge >= 0.3 is 0 Å². The highest BCUT2D eigenvalue weighted by molar-refractivity contribution is 7.89. The van der Waals surface area contributed by atoms with Gasteiger partial charge in [0.1, 0.15) is 4.90 Å².